The van der Waals surface area contributed by atoms with E-state index in [0.29, 0.717) is 22.9 Å². The van der Waals surface area contributed by atoms with Gasteiger partial charge in [-0.25, -0.2) is 8.78 Å². The van der Waals surface area contributed by atoms with Crippen molar-refractivity contribution in [2.45, 2.75) is 30.3 Å². The maximum absolute atomic E-state index is 13.6. The molecule has 2 atom stereocenters. The Labute approximate surface area is 201 Å². The van der Waals surface area contributed by atoms with Crippen molar-refractivity contribution in [1.29, 1.82) is 0 Å². The second kappa shape index (κ2) is 8.78. The number of thioether (sulfide) groups is 1. The Morgan fingerprint density at radius 1 is 1.21 bits per heavy atom. The van der Waals surface area contributed by atoms with Crippen molar-refractivity contribution in [1.82, 2.24) is 19.7 Å². The van der Waals surface area contributed by atoms with E-state index >= 15 is 0 Å². The van der Waals surface area contributed by atoms with Gasteiger partial charge in [0.05, 0.1) is 5.56 Å². The summed E-state index contributed by atoms with van der Waals surface area (Å²) < 4.78 is 28.6. The van der Waals surface area contributed by atoms with Crippen LogP contribution in [0.15, 0.2) is 41.6 Å². The zero-order valence-corrected chi connectivity index (χ0v) is 19.9. The number of aromatic hydroxyl groups is 1. The molecule has 178 valence electrons. The van der Waals surface area contributed by atoms with Gasteiger partial charge in [0.15, 0.2) is 28.4 Å². The maximum Gasteiger partial charge on any atom is 0.191 e. The second-order valence-corrected chi connectivity index (χ2v) is 10.3. The average molecular weight is 485 g/mol. The first-order valence-electron chi connectivity index (χ1n) is 11.3. The Morgan fingerprint density at radius 2 is 2.03 bits per heavy atom. The highest BCUT2D eigenvalue weighted by Crippen LogP contribution is 2.59. The van der Waals surface area contributed by atoms with Crippen LogP contribution in [0.1, 0.15) is 35.7 Å². The molecule has 1 aliphatic heterocycles. The van der Waals surface area contributed by atoms with Crippen LogP contribution in [-0.4, -0.2) is 55.9 Å². The fourth-order valence-corrected chi connectivity index (χ4v) is 5.95. The minimum Gasteiger partial charge on any atom is -0.507 e. The molecule has 5 rings (SSSR count). The highest BCUT2D eigenvalue weighted by atomic mass is 32.2. The summed E-state index contributed by atoms with van der Waals surface area (Å²) in [6.45, 7) is 4.47. The Kier molecular flexibility index (Phi) is 5.93. The molecule has 0 amide bonds. The summed E-state index contributed by atoms with van der Waals surface area (Å²) >= 11 is 1.60. The van der Waals surface area contributed by atoms with Crippen LogP contribution in [0.2, 0.25) is 0 Å². The topological polar surface area (TPSA) is 71.2 Å². The van der Waals surface area contributed by atoms with Gasteiger partial charge in [-0.05, 0) is 68.1 Å². The van der Waals surface area contributed by atoms with Crippen molar-refractivity contribution in [3.63, 3.8) is 0 Å². The van der Waals surface area contributed by atoms with Gasteiger partial charge in [0.2, 0.25) is 0 Å². The Bertz CT molecular complexity index is 1260. The zero-order chi connectivity index (χ0) is 24.0. The number of phenolic OH excluding ortho intramolecular Hbond substituents is 1. The zero-order valence-electron chi connectivity index (χ0n) is 19.1. The highest BCUT2D eigenvalue weighted by molar-refractivity contribution is 7.99. The Hall–Kier alpha value is -2.78. The van der Waals surface area contributed by atoms with E-state index in [1.165, 1.54) is 13.0 Å². The lowest BCUT2D eigenvalue weighted by Crippen LogP contribution is -2.28. The number of rotatable bonds is 8. The molecule has 1 aromatic heterocycles. The molecular formula is C25H26F2N4O2S. The molecule has 0 radical (unpaired) electrons. The SMILES string of the molecule is CC(=O)c1cc([C@@]23C[C@H]2CN(CCCSc2nnc(-c4ccc(F)c(F)c4)n2C)C3)ccc1O. The fourth-order valence-electron chi connectivity index (χ4n) is 5.11. The van der Waals surface area contributed by atoms with Crippen molar-refractivity contribution in [3.8, 4) is 17.1 Å². The van der Waals surface area contributed by atoms with Crippen LogP contribution in [0.25, 0.3) is 11.4 Å². The Morgan fingerprint density at radius 3 is 2.79 bits per heavy atom. The summed E-state index contributed by atoms with van der Waals surface area (Å²) in [4.78, 5) is 14.3. The third-order valence-electron chi connectivity index (χ3n) is 7.03. The summed E-state index contributed by atoms with van der Waals surface area (Å²) in [5.41, 5.74) is 2.15. The number of Topliss-reactive ketones (excluding diaryl/α,β-unsaturated/α-hetero) is 1. The summed E-state index contributed by atoms with van der Waals surface area (Å²) in [6, 6.07) is 9.20. The van der Waals surface area contributed by atoms with E-state index in [1.54, 1.807) is 22.4 Å². The molecule has 2 heterocycles. The third kappa shape index (κ3) is 4.11. The van der Waals surface area contributed by atoms with Gasteiger partial charge in [-0.2, -0.15) is 0 Å². The van der Waals surface area contributed by atoms with E-state index < -0.39 is 11.6 Å². The number of hydrogen-bond donors (Lipinski definition) is 1. The minimum atomic E-state index is -0.902. The molecule has 9 heteroatoms. The summed E-state index contributed by atoms with van der Waals surface area (Å²) in [6.07, 6.45) is 2.11. The first-order valence-corrected chi connectivity index (χ1v) is 12.3. The number of aromatic nitrogens is 3. The van der Waals surface area contributed by atoms with Crippen LogP contribution in [-0.2, 0) is 12.5 Å². The lowest BCUT2D eigenvalue weighted by molar-refractivity contribution is 0.101. The molecule has 1 aliphatic carbocycles. The molecule has 0 spiro atoms. The predicted octanol–water partition coefficient (Wildman–Crippen LogP) is 4.42. The molecular weight excluding hydrogens is 458 g/mol. The number of benzene rings is 2. The molecule has 3 aromatic rings. The first-order chi connectivity index (χ1) is 16.3. The molecule has 1 N–H and O–H groups in total. The number of fused-ring (bicyclic) bond motifs is 1. The summed E-state index contributed by atoms with van der Waals surface area (Å²) in [5, 5.41) is 19.1. The number of carbonyl (C=O) groups excluding carboxylic acids is 1. The van der Waals surface area contributed by atoms with E-state index in [9.17, 15) is 18.7 Å². The van der Waals surface area contributed by atoms with Gasteiger partial charge in [-0.1, -0.05) is 17.8 Å². The van der Waals surface area contributed by atoms with Crippen LogP contribution in [0, 0.1) is 17.6 Å². The molecule has 2 aliphatic rings. The molecule has 2 fully saturated rings. The van der Waals surface area contributed by atoms with E-state index in [2.05, 4.69) is 15.1 Å². The van der Waals surface area contributed by atoms with Crippen molar-refractivity contribution in [2.24, 2.45) is 13.0 Å². The Balaban J connectivity index is 1.15. The number of ketones is 1. The van der Waals surface area contributed by atoms with Gasteiger partial charge in [0.1, 0.15) is 5.75 Å². The van der Waals surface area contributed by atoms with Crippen molar-refractivity contribution >= 4 is 17.5 Å². The van der Waals surface area contributed by atoms with Gasteiger partial charge >= 0.3 is 0 Å². The number of hydrogen-bond acceptors (Lipinski definition) is 6. The number of piperidine rings is 1. The highest BCUT2D eigenvalue weighted by Gasteiger charge is 2.60. The largest absolute Gasteiger partial charge is 0.507 e. The third-order valence-corrected chi connectivity index (χ3v) is 8.14. The molecule has 34 heavy (non-hydrogen) atoms. The monoisotopic (exact) mass is 484 g/mol. The standard InChI is InChI=1S/C25H26F2N4O2S/c1-15(32)19-11-17(5-7-22(19)33)25-12-18(25)13-31(14-25)8-3-9-34-24-29-28-23(30(24)2)16-4-6-20(26)21(27)10-16/h4-7,10-11,18,33H,3,8-9,12-14H2,1-2H3/t18-,25-/m0/s1. The van der Waals surface area contributed by atoms with Crippen molar-refractivity contribution in [2.75, 3.05) is 25.4 Å². The normalized spacial score (nSPS) is 21.6. The number of carbonyl (C=O) groups is 1. The van der Waals surface area contributed by atoms with Gasteiger partial charge < -0.3 is 14.6 Å². The predicted molar refractivity (Wildman–Crippen MR) is 126 cm³/mol. The number of likely N-dealkylation sites (tertiary alicyclic amines) is 1. The fraction of sp³-hybridized carbons (Fsp3) is 0.400. The molecule has 1 saturated heterocycles. The lowest BCUT2D eigenvalue weighted by atomic mass is 9.92. The van der Waals surface area contributed by atoms with Crippen LogP contribution >= 0.6 is 11.8 Å². The minimum absolute atomic E-state index is 0.0493. The van der Waals surface area contributed by atoms with Gasteiger partial charge in [0.25, 0.3) is 0 Å². The number of halogens is 2. The van der Waals surface area contributed by atoms with E-state index in [-0.39, 0.29) is 16.9 Å². The van der Waals surface area contributed by atoms with Gasteiger partial charge in [-0.3, -0.25) is 4.79 Å². The number of nitrogens with zero attached hydrogens (tertiary/aromatic N) is 4. The van der Waals surface area contributed by atoms with Crippen molar-refractivity contribution < 1.29 is 18.7 Å². The maximum atomic E-state index is 13.6. The van der Waals surface area contributed by atoms with E-state index in [0.717, 1.165) is 61.1 Å². The van der Waals surface area contributed by atoms with Crippen LogP contribution in [0.4, 0.5) is 8.78 Å². The average Bonchev–Trinajstić information content (AvgIpc) is 3.18. The quantitative estimate of drug-likeness (QED) is 0.290. The second-order valence-electron chi connectivity index (χ2n) is 9.28. The first kappa shape index (κ1) is 23.0. The molecule has 2 aromatic carbocycles. The van der Waals surface area contributed by atoms with Gasteiger partial charge in [0, 0.05) is 36.9 Å². The van der Waals surface area contributed by atoms with Gasteiger partial charge in [-0.15, -0.1) is 10.2 Å². The van der Waals surface area contributed by atoms with E-state index in [4.69, 9.17) is 0 Å². The summed E-state index contributed by atoms with van der Waals surface area (Å²) in [7, 11) is 1.82. The molecule has 1 saturated carbocycles. The van der Waals surface area contributed by atoms with Crippen LogP contribution < -0.4 is 0 Å². The number of phenols is 1. The van der Waals surface area contributed by atoms with Crippen molar-refractivity contribution in [3.05, 3.63) is 59.2 Å². The van der Waals surface area contributed by atoms with Crippen LogP contribution in [0.3, 0.4) is 0 Å². The summed E-state index contributed by atoms with van der Waals surface area (Å²) in [5.74, 6) is 0.117. The molecule has 0 unspecified atom stereocenters. The lowest BCUT2D eigenvalue weighted by Gasteiger charge is -2.21. The molecule has 0 bridgehead atoms. The van der Waals surface area contributed by atoms with Crippen LogP contribution in [0.5, 0.6) is 5.75 Å². The smallest absolute Gasteiger partial charge is 0.191 e. The van der Waals surface area contributed by atoms with E-state index in [1.807, 2.05) is 19.2 Å². The molecule has 6 nitrogen and oxygen atoms in total.